The summed E-state index contributed by atoms with van der Waals surface area (Å²) in [4.78, 5) is 3.70. The van der Waals surface area contributed by atoms with Gasteiger partial charge in [0, 0.05) is 21.9 Å². The van der Waals surface area contributed by atoms with Crippen molar-refractivity contribution in [1.29, 1.82) is 0 Å². The van der Waals surface area contributed by atoms with Gasteiger partial charge >= 0.3 is 0 Å². The molecular weight excluding hydrogens is 368 g/mol. The van der Waals surface area contributed by atoms with E-state index in [1.54, 1.807) is 0 Å². The maximum atomic E-state index is 6.36. The van der Waals surface area contributed by atoms with Gasteiger partial charge in [0.1, 0.15) is 0 Å². The predicted octanol–water partition coefficient (Wildman–Crippen LogP) is 5.96. The summed E-state index contributed by atoms with van der Waals surface area (Å²) < 4.78 is 0. The number of fused-ring (bicyclic) bond motifs is 2. The van der Waals surface area contributed by atoms with Crippen molar-refractivity contribution in [3.8, 4) is 11.3 Å². The van der Waals surface area contributed by atoms with E-state index in [1.165, 1.54) is 40.6 Å². The molecule has 1 fully saturated rings. The predicted molar refractivity (Wildman–Crippen MR) is 117 cm³/mol. The molecule has 1 saturated heterocycles. The van der Waals surface area contributed by atoms with Crippen LogP contribution in [0.1, 0.15) is 49.7 Å². The standard InChI is InChI=1S/C23H25ClN4/c1-13(2)21-17-11-15(14-7-9-25-10-8-14)3-6-20(17)27-23(21)16-4-5-19(24)22-18(16)12-26-28-22/h3-6,11-14,25,27H,7-10H2,1-2H3,(H,26,28). The summed E-state index contributed by atoms with van der Waals surface area (Å²) in [6.45, 7) is 6.76. The van der Waals surface area contributed by atoms with Gasteiger partial charge in [-0.05, 0) is 67.1 Å². The average Bonchev–Trinajstić information content (AvgIpc) is 3.34. The van der Waals surface area contributed by atoms with Crippen LogP contribution in [0.4, 0.5) is 0 Å². The Morgan fingerprint density at radius 3 is 2.68 bits per heavy atom. The van der Waals surface area contributed by atoms with Crippen molar-refractivity contribution in [2.45, 2.75) is 38.5 Å². The van der Waals surface area contributed by atoms with Crippen LogP contribution < -0.4 is 5.32 Å². The molecule has 0 unspecified atom stereocenters. The first-order valence-corrected chi connectivity index (χ1v) is 10.5. The van der Waals surface area contributed by atoms with Crippen molar-refractivity contribution in [2.24, 2.45) is 0 Å². The molecule has 1 aliphatic rings. The lowest BCUT2D eigenvalue weighted by molar-refractivity contribution is 0.460. The molecule has 5 heteroatoms. The number of nitrogens with zero attached hydrogens (tertiary/aromatic N) is 1. The number of benzene rings is 2. The van der Waals surface area contributed by atoms with Gasteiger partial charge < -0.3 is 10.3 Å². The van der Waals surface area contributed by atoms with Crippen LogP contribution in [-0.2, 0) is 0 Å². The Bertz CT molecular complexity index is 1150. The molecule has 4 aromatic rings. The maximum absolute atomic E-state index is 6.36. The van der Waals surface area contributed by atoms with Crippen LogP contribution in [0.15, 0.2) is 36.5 Å². The Hall–Kier alpha value is -2.30. The number of aromatic nitrogens is 3. The van der Waals surface area contributed by atoms with E-state index in [9.17, 15) is 0 Å². The molecule has 3 heterocycles. The number of hydrogen-bond acceptors (Lipinski definition) is 2. The summed E-state index contributed by atoms with van der Waals surface area (Å²) >= 11 is 6.36. The van der Waals surface area contributed by atoms with Crippen LogP contribution in [0, 0.1) is 0 Å². The van der Waals surface area contributed by atoms with E-state index >= 15 is 0 Å². The van der Waals surface area contributed by atoms with Crippen LogP contribution in [-0.4, -0.2) is 28.3 Å². The van der Waals surface area contributed by atoms with Crippen molar-refractivity contribution in [2.75, 3.05) is 13.1 Å². The van der Waals surface area contributed by atoms with Gasteiger partial charge in [-0.1, -0.05) is 37.6 Å². The van der Waals surface area contributed by atoms with Gasteiger partial charge in [-0.2, -0.15) is 5.10 Å². The normalized spacial score (nSPS) is 15.9. The van der Waals surface area contributed by atoms with E-state index in [1.807, 2.05) is 12.3 Å². The number of nitrogens with one attached hydrogen (secondary N) is 3. The van der Waals surface area contributed by atoms with Crippen molar-refractivity contribution in [3.63, 3.8) is 0 Å². The lowest BCUT2D eigenvalue weighted by Crippen LogP contribution is -2.26. The number of rotatable bonds is 3. The summed E-state index contributed by atoms with van der Waals surface area (Å²) in [5.41, 5.74) is 7.25. The van der Waals surface area contributed by atoms with Crippen molar-refractivity contribution < 1.29 is 0 Å². The number of piperidine rings is 1. The summed E-state index contributed by atoms with van der Waals surface area (Å²) in [7, 11) is 0. The third-order valence-electron chi connectivity index (χ3n) is 6.08. The summed E-state index contributed by atoms with van der Waals surface area (Å²) in [6.07, 6.45) is 4.30. The first kappa shape index (κ1) is 17.8. The fraction of sp³-hybridized carbons (Fsp3) is 0.348. The molecule has 0 amide bonds. The molecule has 28 heavy (non-hydrogen) atoms. The molecule has 2 aromatic carbocycles. The van der Waals surface area contributed by atoms with Crippen molar-refractivity contribution in [3.05, 3.63) is 52.7 Å². The van der Waals surface area contributed by atoms with Gasteiger partial charge in [0.05, 0.1) is 22.4 Å². The molecule has 0 radical (unpaired) electrons. The van der Waals surface area contributed by atoms with Crippen LogP contribution in [0.5, 0.6) is 0 Å². The Balaban J connectivity index is 1.71. The molecule has 4 nitrogen and oxygen atoms in total. The smallest absolute Gasteiger partial charge is 0.0843 e. The zero-order valence-corrected chi connectivity index (χ0v) is 17.0. The van der Waals surface area contributed by atoms with Gasteiger partial charge in [-0.3, -0.25) is 5.10 Å². The van der Waals surface area contributed by atoms with Gasteiger partial charge in [0.15, 0.2) is 0 Å². The second-order valence-corrected chi connectivity index (χ2v) is 8.56. The molecule has 1 aliphatic heterocycles. The van der Waals surface area contributed by atoms with Crippen LogP contribution in [0.3, 0.4) is 0 Å². The zero-order chi connectivity index (χ0) is 19.3. The molecule has 0 bridgehead atoms. The van der Waals surface area contributed by atoms with E-state index < -0.39 is 0 Å². The third kappa shape index (κ3) is 2.83. The summed E-state index contributed by atoms with van der Waals surface area (Å²) in [5.74, 6) is 1.06. The van der Waals surface area contributed by atoms with E-state index in [-0.39, 0.29) is 0 Å². The van der Waals surface area contributed by atoms with Gasteiger partial charge in [-0.25, -0.2) is 0 Å². The molecule has 0 atom stereocenters. The lowest BCUT2D eigenvalue weighted by atomic mass is 9.88. The lowest BCUT2D eigenvalue weighted by Gasteiger charge is -2.23. The fourth-order valence-corrected chi connectivity index (χ4v) is 4.88. The first-order valence-electron chi connectivity index (χ1n) is 10.1. The molecular formula is C23H25ClN4. The minimum Gasteiger partial charge on any atom is -0.354 e. The highest BCUT2D eigenvalue weighted by Crippen LogP contribution is 2.40. The van der Waals surface area contributed by atoms with E-state index in [2.05, 4.69) is 58.6 Å². The van der Waals surface area contributed by atoms with Gasteiger partial charge in [-0.15, -0.1) is 0 Å². The highest BCUT2D eigenvalue weighted by atomic mass is 35.5. The van der Waals surface area contributed by atoms with E-state index in [0.29, 0.717) is 16.9 Å². The SMILES string of the molecule is CC(C)c1c(-c2ccc(Cl)c3[nH]ncc23)[nH]c2ccc(C3CCNCC3)cc12. The van der Waals surface area contributed by atoms with Crippen molar-refractivity contribution in [1.82, 2.24) is 20.5 Å². The number of H-pyrrole nitrogens is 2. The largest absolute Gasteiger partial charge is 0.354 e. The summed E-state index contributed by atoms with van der Waals surface area (Å²) in [6, 6.07) is 11.0. The molecule has 5 rings (SSSR count). The van der Waals surface area contributed by atoms with E-state index in [4.69, 9.17) is 11.6 Å². The Morgan fingerprint density at radius 1 is 1.07 bits per heavy atom. The number of aromatic amines is 2. The molecule has 3 N–H and O–H groups in total. The molecule has 2 aromatic heterocycles. The minimum absolute atomic E-state index is 0.407. The Morgan fingerprint density at radius 2 is 1.89 bits per heavy atom. The fourth-order valence-electron chi connectivity index (χ4n) is 4.67. The first-order chi connectivity index (χ1) is 13.6. The molecule has 144 valence electrons. The van der Waals surface area contributed by atoms with E-state index in [0.717, 1.165) is 29.6 Å². The maximum Gasteiger partial charge on any atom is 0.0843 e. The van der Waals surface area contributed by atoms with Gasteiger partial charge in [0.2, 0.25) is 0 Å². The molecule has 0 aliphatic carbocycles. The van der Waals surface area contributed by atoms with Crippen molar-refractivity contribution >= 4 is 33.4 Å². The second-order valence-electron chi connectivity index (χ2n) is 8.15. The quantitative estimate of drug-likeness (QED) is 0.403. The highest BCUT2D eigenvalue weighted by Gasteiger charge is 2.21. The number of halogens is 1. The Kier molecular flexibility index (Phi) is 4.41. The topological polar surface area (TPSA) is 56.5 Å². The molecule has 0 spiro atoms. The van der Waals surface area contributed by atoms with Crippen LogP contribution >= 0.6 is 11.6 Å². The highest BCUT2D eigenvalue weighted by molar-refractivity contribution is 6.35. The Labute approximate surface area is 169 Å². The van der Waals surface area contributed by atoms with Gasteiger partial charge in [0.25, 0.3) is 0 Å². The van der Waals surface area contributed by atoms with Crippen LogP contribution in [0.25, 0.3) is 33.1 Å². The number of hydrogen-bond donors (Lipinski definition) is 3. The third-order valence-corrected chi connectivity index (χ3v) is 6.40. The molecule has 0 saturated carbocycles. The second kappa shape index (κ2) is 6.94. The average molecular weight is 393 g/mol. The van der Waals surface area contributed by atoms with Crippen LogP contribution in [0.2, 0.25) is 5.02 Å². The summed E-state index contributed by atoms with van der Waals surface area (Å²) in [5, 5.41) is 13.8. The monoisotopic (exact) mass is 392 g/mol. The minimum atomic E-state index is 0.407. The zero-order valence-electron chi connectivity index (χ0n) is 16.3.